The first-order valence-electron chi connectivity index (χ1n) is 8.96. The van der Waals surface area contributed by atoms with Crippen LogP contribution in [-0.4, -0.2) is 23.2 Å². The van der Waals surface area contributed by atoms with Gasteiger partial charge in [0, 0.05) is 22.6 Å². The van der Waals surface area contributed by atoms with Crippen molar-refractivity contribution in [1.82, 2.24) is 10.9 Å². The van der Waals surface area contributed by atoms with Gasteiger partial charge in [0.25, 0.3) is 11.8 Å². The highest BCUT2D eigenvalue weighted by Crippen LogP contribution is 2.06. The first-order valence-corrected chi connectivity index (χ1v) is 8.96. The number of amides is 2. The van der Waals surface area contributed by atoms with E-state index in [-0.39, 0.29) is 11.8 Å². The number of nitrogens with one attached hydrogen (secondary N) is 2. The highest BCUT2D eigenvalue weighted by atomic mass is 16.2. The molecular weight excluding hydrogens is 328 g/mol. The average Bonchev–Trinajstić information content (AvgIpc) is 2.56. The Hall–Kier alpha value is -2.50. The van der Waals surface area contributed by atoms with E-state index in [1.165, 1.54) is 0 Å². The van der Waals surface area contributed by atoms with Crippen LogP contribution in [-0.2, 0) is 0 Å². The van der Waals surface area contributed by atoms with Crippen LogP contribution in [0.1, 0.15) is 75.1 Å². The zero-order valence-electron chi connectivity index (χ0n) is 16.6. The normalized spacial score (nSPS) is 12.5. The Balaban J connectivity index is 2.64. The van der Waals surface area contributed by atoms with Gasteiger partial charge in [-0.05, 0) is 62.8 Å². The molecule has 0 saturated heterocycles. The van der Waals surface area contributed by atoms with E-state index in [1.807, 2.05) is 13.8 Å². The summed E-state index contributed by atoms with van der Waals surface area (Å²) in [5, 5.41) is 8.18. The minimum absolute atomic E-state index is 0.300. The fraction of sp³-hybridized carbons (Fsp3) is 0.500. The van der Waals surface area contributed by atoms with Gasteiger partial charge in [0.15, 0.2) is 0 Å². The predicted molar refractivity (Wildman–Crippen MR) is 107 cm³/mol. The van der Waals surface area contributed by atoms with Gasteiger partial charge in [-0.15, -0.1) is 0 Å². The maximum absolute atomic E-state index is 12.1. The average molecular weight is 358 g/mol. The monoisotopic (exact) mass is 358 g/mol. The second-order valence-electron chi connectivity index (χ2n) is 7.35. The van der Waals surface area contributed by atoms with Crippen molar-refractivity contribution < 1.29 is 9.59 Å². The van der Waals surface area contributed by atoms with Crippen molar-refractivity contribution >= 4 is 23.2 Å². The predicted octanol–water partition coefficient (Wildman–Crippen LogP) is 3.99. The molecule has 0 spiro atoms. The van der Waals surface area contributed by atoms with Crippen molar-refractivity contribution in [2.75, 3.05) is 0 Å². The summed E-state index contributed by atoms with van der Waals surface area (Å²) < 4.78 is 0. The van der Waals surface area contributed by atoms with E-state index in [0.717, 1.165) is 24.3 Å². The Labute approximate surface area is 156 Å². The van der Waals surface area contributed by atoms with Gasteiger partial charge in [-0.25, -0.2) is 10.9 Å². The molecular formula is C20H30N4O2. The van der Waals surface area contributed by atoms with Crippen LogP contribution in [0.25, 0.3) is 0 Å². The topological polar surface area (TPSA) is 82.9 Å². The molecule has 6 heteroatoms. The molecule has 0 fully saturated rings. The van der Waals surface area contributed by atoms with Gasteiger partial charge < -0.3 is 0 Å². The minimum atomic E-state index is -0.300. The molecule has 2 N–H and O–H groups in total. The molecule has 0 heterocycles. The summed E-state index contributed by atoms with van der Waals surface area (Å²) in [6.45, 7) is 12.2. The molecule has 0 aliphatic rings. The van der Waals surface area contributed by atoms with Crippen LogP contribution in [0.5, 0.6) is 0 Å². The van der Waals surface area contributed by atoms with Crippen LogP contribution >= 0.6 is 0 Å². The lowest BCUT2D eigenvalue weighted by molar-refractivity contribution is 0.0943. The Bertz CT molecular complexity index is 615. The first-order chi connectivity index (χ1) is 12.2. The molecule has 0 aliphatic carbocycles. The molecule has 1 rings (SSSR count). The molecule has 26 heavy (non-hydrogen) atoms. The Kier molecular flexibility index (Phi) is 8.68. The molecule has 0 atom stereocenters. The van der Waals surface area contributed by atoms with Gasteiger partial charge in [-0.1, -0.05) is 27.7 Å². The highest BCUT2D eigenvalue weighted by molar-refractivity contribution is 5.98. The van der Waals surface area contributed by atoms with Crippen LogP contribution in [0.4, 0.5) is 0 Å². The van der Waals surface area contributed by atoms with Gasteiger partial charge >= 0.3 is 0 Å². The fourth-order valence-electron chi connectivity index (χ4n) is 2.47. The fourth-order valence-corrected chi connectivity index (χ4v) is 2.47. The molecule has 0 aliphatic heterocycles. The second kappa shape index (κ2) is 10.5. The lowest BCUT2D eigenvalue weighted by Crippen LogP contribution is -2.21. The van der Waals surface area contributed by atoms with Crippen molar-refractivity contribution in [2.45, 2.75) is 54.4 Å². The molecule has 0 unspecified atom stereocenters. The van der Waals surface area contributed by atoms with Gasteiger partial charge in [-0.2, -0.15) is 10.2 Å². The van der Waals surface area contributed by atoms with Crippen molar-refractivity contribution in [3.05, 3.63) is 35.4 Å². The number of hydrogen-bond acceptors (Lipinski definition) is 4. The minimum Gasteiger partial charge on any atom is -0.267 e. The third kappa shape index (κ3) is 8.05. The van der Waals surface area contributed by atoms with Gasteiger partial charge in [0.05, 0.1) is 0 Å². The van der Waals surface area contributed by atoms with E-state index in [2.05, 4.69) is 48.7 Å². The number of carbonyl (C=O) groups excluding carboxylic acids is 2. The summed E-state index contributed by atoms with van der Waals surface area (Å²) in [6.07, 6.45) is 1.66. The van der Waals surface area contributed by atoms with Crippen molar-refractivity contribution in [3.8, 4) is 0 Å². The van der Waals surface area contributed by atoms with Gasteiger partial charge in [-0.3, -0.25) is 9.59 Å². The lowest BCUT2D eigenvalue weighted by atomic mass is 10.1. The Morgan fingerprint density at radius 2 is 1.08 bits per heavy atom. The summed E-state index contributed by atoms with van der Waals surface area (Å²) in [4.78, 5) is 24.2. The van der Waals surface area contributed by atoms with E-state index in [0.29, 0.717) is 23.0 Å². The standard InChI is InChI=1S/C20H30N4O2/c1-13(2)11-15(5)21-23-19(25)17-7-9-18(10-8-17)20(26)24-22-16(6)12-14(3)4/h7-10,13-14H,11-12H2,1-6H3,(H,23,25)(H,24,26)/b21-15-,22-16-. The molecule has 0 aromatic heterocycles. The quantitative estimate of drug-likeness (QED) is 0.544. The molecule has 6 nitrogen and oxygen atoms in total. The van der Waals surface area contributed by atoms with Crippen LogP contribution in [0.2, 0.25) is 0 Å². The molecule has 2 amide bonds. The van der Waals surface area contributed by atoms with Crippen molar-refractivity contribution in [1.29, 1.82) is 0 Å². The summed E-state index contributed by atoms with van der Waals surface area (Å²) in [7, 11) is 0. The van der Waals surface area contributed by atoms with E-state index in [1.54, 1.807) is 24.3 Å². The van der Waals surface area contributed by atoms with Gasteiger partial charge in [0.2, 0.25) is 0 Å². The largest absolute Gasteiger partial charge is 0.271 e. The number of nitrogens with zero attached hydrogens (tertiary/aromatic N) is 2. The summed E-state index contributed by atoms with van der Waals surface area (Å²) in [5.41, 5.74) is 7.72. The van der Waals surface area contributed by atoms with Crippen molar-refractivity contribution in [2.24, 2.45) is 22.0 Å². The SMILES string of the molecule is C/C(CC(C)C)=N/NC(=O)c1ccc(C(=O)N/N=C(/C)CC(C)C)cc1. The zero-order chi connectivity index (χ0) is 19.7. The molecule has 0 bridgehead atoms. The molecule has 1 aromatic carbocycles. The summed E-state index contributed by atoms with van der Waals surface area (Å²) in [6, 6.07) is 6.40. The number of hydrogen-bond donors (Lipinski definition) is 2. The third-order valence-electron chi connectivity index (χ3n) is 3.51. The van der Waals surface area contributed by atoms with Crippen LogP contribution in [0.3, 0.4) is 0 Å². The van der Waals surface area contributed by atoms with Crippen LogP contribution in [0.15, 0.2) is 34.5 Å². The van der Waals surface area contributed by atoms with E-state index < -0.39 is 0 Å². The molecule has 0 saturated carbocycles. The lowest BCUT2D eigenvalue weighted by Gasteiger charge is -2.06. The van der Waals surface area contributed by atoms with Gasteiger partial charge in [0.1, 0.15) is 0 Å². The third-order valence-corrected chi connectivity index (χ3v) is 3.51. The van der Waals surface area contributed by atoms with Crippen LogP contribution in [0, 0.1) is 11.8 Å². The van der Waals surface area contributed by atoms with E-state index >= 15 is 0 Å². The zero-order valence-corrected chi connectivity index (χ0v) is 16.6. The van der Waals surface area contributed by atoms with E-state index in [9.17, 15) is 9.59 Å². The molecule has 142 valence electrons. The first kappa shape index (κ1) is 21.5. The molecule has 0 radical (unpaired) electrons. The molecule has 1 aromatic rings. The highest BCUT2D eigenvalue weighted by Gasteiger charge is 2.09. The second-order valence-corrected chi connectivity index (χ2v) is 7.35. The Morgan fingerprint density at radius 1 is 0.769 bits per heavy atom. The van der Waals surface area contributed by atoms with Crippen molar-refractivity contribution in [3.63, 3.8) is 0 Å². The maximum atomic E-state index is 12.1. The summed E-state index contributed by atoms with van der Waals surface area (Å²) >= 11 is 0. The maximum Gasteiger partial charge on any atom is 0.271 e. The number of carbonyl (C=O) groups is 2. The Morgan fingerprint density at radius 3 is 1.35 bits per heavy atom. The number of hydrazone groups is 2. The number of rotatable bonds is 8. The van der Waals surface area contributed by atoms with Crippen LogP contribution < -0.4 is 10.9 Å². The summed E-state index contributed by atoms with van der Waals surface area (Å²) in [5.74, 6) is 0.372. The van der Waals surface area contributed by atoms with E-state index in [4.69, 9.17) is 0 Å². The number of benzene rings is 1. The smallest absolute Gasteiger partial charge is 0.267 e.